The molecule has 0 aliphatic rings. The Balaban J connectivity index is -0.000000846. The Morgan fingerprint density at radius 3 is 0.714 bits per heavy atom. The van der Waals surface area contributed by atoms with Crippen LogP contribution in [0.1, 0.15) is 219 Å². The third-order valence-electron chi connectivity index (χ3n) is 8.87. The maximum Gasteiger partial charge on any atom is 2.00 e. The Hall–Kier alpha value is -0.860. The Morgan fingerprint density at radius 1 is 0.347 bits per heavy atom. The summed E-state index contributed by atoms with van der Waals surface area (Å²) < 4.78 is 0. The maximum absolute atomic E-state index is 11.3. The molecule has 0 rings (SSSR count). The molecular weight excluding hydrogens is 645 g/mol. The first-order valence-electron chi connectivity index (χ1n) is 20.3. The molecule has 0 saturated carbocycles. The number of rotatable bonds is 36. The molecule has 0 unspecified atom stereocenters. The summed E-state index contributed by atoms with van der Waals surface area (Å²) in [6, 6.07) is 0. The number of unbranched alkanes of at least 4 members (excludes halogenated alkanes) is 28. The molecule has 9 heteroatoms. The zero-order valence-corrected chi connectivity index (χ0v) is 34.4. The van der Waals surface area contributed by atoms with Crippen molar-refractivity contribution in [1.82, 2.24) is 10.6 Å². The predicted octanol–water partition coefficient (Wildman–Crippen LogP) is 7.85. The first kappa shape index (κ1) is 52.5. The summed E-state index contributed by atoms with van der Waals surface area (Å²) in [5.41, 5.74) is 0. The van der Waals surface area contributed by atoms with E-state index in [4.69, 9.17) is 0 Å². The molecule has 284 valence electrons. The number of aliphatic carboxylic acids is 2. The number of hydrogen-bond donors (Lipinski definition) is 2. The van der Waals surface area contributed by atoms with Gasteiger partial charge in [0.15, 0.2) is 0 Å². The summed E-state index contributed by atoms with van der Waals surface area (Å²) in [7, 11) is 0. The van der Waals surface area contributed by atoms with Gasteiger partial charge in [0.25, 0.3) is 0 Å². The summed E-state index contributed by atoms with van der Waals surface area (Å²) in [6.45, 7) is 3.77. The summed E-state index contributed by atoms with van der Waals surface area (Å²) in [4.78, 5) is 42.9. The minimum Gasteiger partial charge on any atom is -0.548 e. The average molecular weight is 721 g/mol. The quantitative estimate of drug-likeness (QED) is 0.0500. The first-order chi connectivity index (χ1) is 23.3. The summed E-state index contributed by atoms with van der Waals surface area (Å²) in [6.07, 6.45) is 39.8. The van der Waals surface area contributed by atoms with Crippen LogP contribution in [0.25, 0.3) is 0 Å². The van der Waals surface area contributed by atoms with Crippen molar-refractivity contribution < 1.29 is 29.4 Å². The molecule has 0 aliphatic heterocycles. The molecule has 2 amide bonds. The molecule has 49 heavy (non-hydrogen) atoms. The Bertz CT molecular complexity index is 678. The molecule has 0 aliphatic carbocycles. The van der Waals surface area contributed by atoms with Crippen LogP contribution < -0.4 is 20.8 Å². The fourth-order valence-corrected chi connectivity index (χ4v) is 5.83. The van der Waals surface area contributed by atoms with Gasteiger partial charge < -0.3 is 30.4 Å². The van der Waals surface area contributed by atoms with Gasteiger partial charge in [0, 0.05) is 12.8 Å². The summed E-state index contributed by atoms with van der Waals surface area (Å²) in [5, 5.41) is 25.0. The molecule has 0 spiro atoms. The van der Waals surface area contributed by atoms with Gasteiger partial charge in [0.2, 0.25) is 11.8 Å². The number of carbonyl (C=O) groups is 4. The van der Waals surface area contributed by atoms with Gasteiger partial charge in [-0.05, 0) is 12.8 Å². The number of carboxylic acid groups (broad SMARTS) is 2. The summed E-state index contributed by atoms with van der Waals surface area (Å²) >= 11 is 0. The van der Waals surface area contributed by atoms with Crippen LogP contribution in [-0.2, 0) is 19.2 Å². The standard InChI is InChI=1S/2C20H39NO3.Ca/c2*1-2-3-4-5-6-7-8-9-10-11-12-13-14-15-16-17-19(22)21-18-20(23)24;/h2*2-18H2,1H3,(H,21,22)(H,23,24);/q;;+2/p-2. The van der Waals surface area contributed by atoms with Gasteiger partial charge in [-0.15, -0.1) is 0 Å². The first-order valence-corrected chi connectivity index (χ1v) is 20.3. The normalized spacial score (nSPS) is 10.5. The van der Waals surface area contributed by atoms with Gasteiger partial charge in [-0.2, -0.15) is 0 Å². The van der Waals surface area contributed by atoms with Crippen LogP contribution in [-0.4, -0.2) is 74.6 Å². The second-order valence-corrected chi connectivity index (χ2v) is 13.7. The second-order valence-electron chi connectivity index (χ2n) is 13.7. The van der Waals surface area contributed by atoms with Gasteiger partial charge in [0.05, 0.1) is 25.0 Å². The SMILES string of the molecule is CCCCCCCCCCCCCCCCCC(=O)NCC(=O)[O-].CCCCCCCCCCCCCCCCCC(=O)NCC(=O)[O-].[Ca+2]. The van der Waals surface area contributed by atoms with Crippen molar-refractivity contribution >= 4 is 61.5 Å². The molecule has 0 aromatic heterocycles. The van der Waals surface area contributed by atoms with Crippen molar-refractivity contribution in [2.24, 2.45) is 0 Å². The molecule has 0 bridgehead atoms. The number of nitrogens with one attached hydrogen (secondary N) is 2. The van der Waals surface area contributed by atoms with E-state index in [1.165, 1.54) is 167 Å². The maximum atomic E-state index is 11.3. The molecule has 8 nitrogen and oxygen atoms in total. The van der Waals surface area contributed by atoms with E-state index in [-0.39, 0.29) is 62.6 Å². The van der Waals surface area contributed by atoms with E-state index >= 15 is 0 Å². The fraction of sp³-hybridized carbons (Fsp3) is 0.900. The topological polar surface area (TPSA) is 138 Å². The van der Waals surface area contributed by atoms with Gasteiger partial charge >= 0.3 is 37.7 Å². The van der Waals surface area contributed by atoms with E-state index < -0.39 is 11.9 Å². The molecule has 0 aromatic rings. The van der Waals surface area contributed by atoms with Crippen LogP contribution in [0.4, 0.5) is 0 Å². The van der Waals surface area contributed by atoms with Gasteiger partial charge in [0.1, 0.15) is 0 Å². The van der Waals surface area contributed by atoms with E-state index in [1.54, 1.807) is 0 Å². The predicted molar refractivity (Wildman–Crippen MR) is 201 cm³/mol. The van der Waals surface area contributed by atoms with E-state index in [0.29, 0.717) is 12.8 Å². The van der Waals surface area contributed by atoms with E-state index in [1.807, 2.05) is 0 Å². The second kappa shape index (κ2) is 45.2. The van der Waals surface area contributed by atoms with Crippen molar-refractivity contribution in [1.29, 1.82) is 0 Å². The molecule has 0 saturated heterocycles. The zero-order valence-electron chi connectivity index (χ0n) is 32.2. The van der Waals surface area contributed by atoms with Crippen LogP contribution in [0.5, 0.6) is 0 Å². The van der Waals surface area contributed by atoms with E-state index in [2.05, 4.69) is 24.5 Å². The van der Waals surface area contributed by atoms with Crippen molar-refractivity contribution in [3.05, 3.63) is 0 Å². The van der Waals surface area contributed by atoms with Crippen molar-refractivity contribution in [3.8, 4) is 0 Å². The molecule has 0 radical (unpaired) electrons. The van der Waals surface area contributed by atoms with Crippen molar-refractivity contribution in [2.45, 2.75) is 219 Å². The number of amides is 2. The molecule has 0 heterocycles. The smallest absolute Gasteiger partial charge is 0.548 e. The fourth-order valence-electron chi connectivity index (χ4n) is 5.83. The monoisotopic (exact) mass is 721 g/mol. The van der Waals surface area contributed by atoms with Crippen LogP contribution in [0, 0.1) is 0 Å². The van der Waals surface area contributed by atoms with Gasteiger partial charge in [-0.3, -0.25) is 9.59 Å². The third-order valence-corrected chi connectivity index (χ3v) is 8.87. The minimum absolute atomic E-state index is 0. The molecule has 0 aromatic carbocycles. The number of carbonyl (C=O) groups excluding carboxylic acids is 4. The van der Waals surface area contributed by atoms with Crippen LogP contribution in [0.3, 0.4) is 0 Å². The van der Waals surface area contributed by atoms with Crippen molar-refractivity contribution in [2.75, 3.05) is 13.1 Å². The van der Waals surface area contributed by atoms with E-state index in [0.717, 1.165) is 25.7 Å². The Labute approximate surface area is 331 Å². The molecule has 2 N–H and O–H groups in total. The Morgan fingerprint density at radius 2 is 0.531 bits per heavy atom. The number of carboxylic acids is 2. The molecule has 0 atom stereocenters. The minimum atomic E-state index is -1.24. The third kappa shape index (κ3) is 51.6. The summed E-state index contributed by atoms with van der Waals surface area (Å²) in [5.74, 6) is -2.84. The molecule has 0 fully saturated rings. The van der Waals surface area contributed by atoms with Crippen LogP contribution >= 0.6 is 0 Å². The van der Waals surface area contributed by atoms with Gasteiger partial charge in [-0.25, -0.2) is 0 Å². The van der Waals surface area contributed by atoms with Crippen molar-refractivity contribution in [3.63, 3.8) is 0 Å². The van der Waals surface area contributed by atoms with Crippen LogP contribution in [0.2, 0.25) is 0 Å². The van der Waals surface area contributed by atoms with E-state index in [9.17, 15) is 29.4 Å². The largest absolute Gasteiger partial charge is 2.00 e. The number of hydrogen-bond acceptors (Lipinski definition) is 6. The van der Waals surface area contributed by atoms with Gasteiger partial charge in [-0.1, -0.05) is 194 Å². The average Bonchev–Trinajstić information content (AvgIpc) is 3.06. The zero-order chi connectivity index (χ0) is 35.8. The van der Waals surface area contributed by atoms with Crippen LogP contribution in [0.15, 0.2) is 0 Å². The molecular formula is C40H76CaN2O6. The Kier molecular flexibility index (Phi) is 48.4.